The summed E-state index contributed by atoms with van der Waals surface area (Å²) in [5.41, 5.74) is 0. The van der Waals surface area contributed by atoms with Gasteiger partial charge in [-0.15, -0.1) is 29.7 Å². The fraction of sp³-hybridized carbons (Fsp3) is 0.125. The molecule has 4 heteroatoms. The van der Waals surface area contributed by atoms with Gasteiger partial charge in [0.1, 0.15) is 0 Å². The van der Waals surface area contributed by atoms with Crippen molar-refractivity contribution in [1.82, 2.24) is 0 Å². The first-order valence-electron chi connectivity index (χ1n) is 3.28. The summed E-state index contributed by atoms with van der Waals surface area (Å²) in [6.07, 6.45) is 1.74. The highest BCUT2D eigenvalue weighted by Gasteiger charge is 2.03. The van der Waals surface area contributed by atoms with E-state index in [4.69, 9.17) is 0 Å². The molecule has 1 aromatic heterocycles. The van der Waals surface area contributed by atoms with E-state index < -0.39 is 5.97 Å². The molecular formula is C8H7O2S2-. The summed E-state index contributed by atoms with van der Waals surface area (Å²) < 4.78 is 0. The zero-order valence-corrected chi connectivity index (χ0v) is 7.91. The lowest BCUT2D eigenvalue weighted by Gasteiger charge is -2.01. The van der Waals surface area contributed by atoms with Crippen molar-refractivity contribution in [2.45, 2.75) is 4.90 Å². The van der Waals surface area contributed by atoms with Gasteiger partial charge in [-0.2, -0.15) is 0 Å². The fourth-order valence-electron chi connectivity index (χ4n) is 0.709. The minimum Gasteiger partial charge on any atom is -0.544 e. The number of hydrogen-bond acceptors (Lipinski definition) is 4. The van der Waals surface area contributed by atoms with Gasteiger partial charge in [-0.1, -0.05) is 6.08 Å². The number of rotatable bonds is 4. The quantitative estimate of drug-likeness (QED) is 0.543. The highest BCUT2D eigenvalue weighted by atomic mass is 32.2. The van der Waals surface area contributed by atoms with E-state index in [0.29, 0.717) is 4.88 Å². The van der Waals surface area contributed by atoms with Crippen LogP contribution in [-0.4, -0.2) is 11.7 Å². The van der Waals surface area contributed by atoms with E-state index in [2.05, 4.69) is 6.58 Å². The van der Waals surface area contributed by atoms with E-state index in [9.17, 15) is 9.90 Å². The number of carbonyl (C=O) groups excluding carboxylic acids is 1. The topological polar surface area (TPSA) is 40.1 Å². The summed E-state index contributed by atoms with van der Waals surface area (Å²) >= 11 is 2.64. The van der Waals surface area contributed by atoms with E-state index in [0.717, 1.165) is 10.6 Å². The number of thioether (sulfide) groups is 1. The number of carboxylic acid groups (broad SMARTS) is 1. The minimum atomic E-state index is -1.10. The number of aromatic carboxylic acids is 1. The van der Waals surface area contributed by atoms with E-state index in [-0.39, 0.29) is 0 Å². The Hall–Kier alpha value is -0.740. The maximum Gasteiger partial charge on any atom is 0.0826 e. The fourth-order valence-corrected chi connectivity index (χ4v) is 2.41. The molecule has 0 radical (unpaired) electrons. The molecule has 2 nitrogen and oxygen atoms in total. The predicted octanol–water partition coefficient (Wildman–Crippen LogP) is 1.39. The molecule has 0 spiro atoms. The third-order valence-corrected chi connectivity index (χ3v) is 3.25. The van der Waals surface area contributed by atoms with Crippen LogP contribution in [0.5, 0.6) is 0 Å². The van der Waals surface area contributed by atoms with Gasteiger partial charge in [-0.25, -0.2) is 0 Å². The van der Waals surface area contributed by atoms with Crippen LogP contribution in [-0.2, 0) is 0 Å². The molecule has 12 heavy (non-hydrogen) atoms. The van der Waals surface area contributed by atoms with Gasteiger partial charge in [0.2, 0.25) is 0 Å². The van der Waals surface area contributed by atoms with Crippen LogP contribution in [0.2, 0.25) is 0 Å². The largest absolute Gasteiger partial charge is 0.544 e. The van der Waals surface area contributed by atoms with Gasteiger partial charge in [-0.05, 0) is 11.4 Å². The van der Waals surface area contributed by atoms with E-state index in [1.807, 2.05) is 0 Å². The average Bonchev–Trinajstić information content (AvgIpc) is 2.48. The molecule has 0 atom stereocenters. The number of hydrogen-bond donors (Lipinski definition) is 0. The molecule has 0 N–H and O–H groups in total. The van der Waals surface area contributed by atoms with Gasteiger partial charge >= 0.3 is 0 Å². The molecule has 0 bridgehead atoms. The predicted molar refractivity (Wildman–Crippen MR) is 49.6 cm³/mol. The Morgan fingerprint density at radius 1 is 1.83 bits per heavy atom. The lowest BCUT2D eigenvalue weighted by molar-refractivity contribution is -0.254. The standard InChI is InChI=1S/C8H8O2S2/c1-2-4-11-6-3-5-12-7(6)8(9)10/h2-3,5H,1,4H2,(H,9,10)/p-1. The molecule has 0 aromatic carbocycles. The van der Waals surface area contributed by atoms with Crippen molar-refractivity contribution in [2.75, 3.05) is 5.75 Å². The first-order valence-corrected chi connectivity index (χ1v) is 5.14. The summed E-state index contributed by atoms with van der Waals surface area (Å²) in [6.45, 7) is 3.55. The lowest BCUT2D eigenvalue weighted by atomic mass is 10.5. The molecule has 0 unspecified atom stereocenters. The van der Waals surface area contributed by atoms with E-state index in [1.54, 1.807) is 17.5 Å². The van der Waals surface area contributed by atoms with E-state index >= 15 is 0 Å². The zero-order valence-electron chi connectivity index (χ0n) is 6.28. The average molecular weight is 199 g/mol. The van der Waals surface area contributed by atoms with Crippen LogP contribution in [0, 0.1) is 0 Å². The number of carboxylic acids is 1. The Morgan fingerprint density at radius 3 is 3.17 bits per heavy atom. The van der Waals surface area contributed by atoms with Crippen molar-refractivity contribution >= 4 is 29.1 Å². The van der Waals surface area contributed by atoms with Crippen molar-refractivity contribution in [1.29, 1.82) is 0 Å². The Morgan fingerprint density at radius 2 is 2.58 bits per heavy atom. The molecule has 0 aliphatic rings. The van der Waals surface area contributed by atoms with Crippen molar-refractivity contribution in [3.63, 3.8) is 0 Å². The Kier molecular flexibility index (Phi) is 3.37. The van der Waals surface area contributed by atoms with Crippen LogP contribution in [0.1, 0.15) is 9.67 Å². The molecule has 0 fully saturated rings. The summed E-state index contributed by atoms with van der Waals surface area (Å²) in [4.78, 5) is 11.6. The lowest BCUT2D eigenvalue weighted by Crippen LogP contribution is -2.21. The van der Waals surface area contributed by atoms with Crippen LogP contribution < -0.4 is 5.11 Å². The van der Waals surface area contributed by atoms with E-state index in [1.165, 1.54) is 23.1 Å². The highest BCUT2D eigenvalue weighted by molar-refractivity contribution is 7.99. The van der Waals surface area contributed by atoms with Gasteiger partial charge in [-0.3, -0.25) is 0 Å². The molecular weight excluding hydrogens is 192 g/mol. The smallest absolute Gasteiger partial charge is 0.0826 e. The second-order valence-electron chi connectivity index (χ2n) is 2.00. The van der Waals surface area contributed by atoms with Gasteiger partial charge in [0.15, 0.2) is 0 Å². The third-order valence-electron chi connectivity index (χ3n) is 1.17. The first kappa shape index (κ1) is 9.35. The minimum absolute atomic E-state index is 0.307. The zero-order chi connectivity index (χ0) is 8.97. The molecule has 64 valence electrons. The second-order valence-corrected chi connectivity index (χ2v) is 3.98. The van der Waals surface area contributed by atoms with Crippen LogP contribution in [0.25, 0.3) is 0 Å². The van der Waals surface area contributed by atoms with Crippen molar-refractivity contribution in [2.24, 2.45) is 0 Å². The molecule has 0 saturated heterocycles. The maximum atomic E-state index is 10.5. The number of thiophene rings is 1. The van der Waals surface area contributed by atoms with Crippen LogP contribution in [0.15, 0.2) is 29.0 Å². The summed E-state index contributed by atoms with van der Waals surface area (Å²) in [6, 6.07) is 1.78. The molecule has 0 aliphatic heterocycles. The van der Waals surface area contributed by atoms with Crippen molar-refractivity contribution in [3.8, 4) is 0 Å². The van der Waals surface area contributed by atoms with Gasteiger partial charge < -0.3 is 9.90 Å². The molecule has 0 amide bonds. The SMILES string of the molecule is C=CCSc1ccsc1C(=O)[O-]. The van der Waals surface area contributed by atoms with Gasteiger partial charge in [0, 0.05) is 10.6 Å². The molecule has 0 aliphatic carbocycles. The summed E-state index contributed by atoms with van der Waals surface area (Å²) in [5.74, 6) is -0.381. The monoisotopic (exact) mass is 199 g/mol. The third kappa shape index (κ3) is 2.12. The second kappa shape index (κ2) is 4.33. The maximum absolute atomic E-state index is 10.5. The van der Waals surface area contributed by atoms with Crippen LogP contribution in [0.4, 0.5) is 0 Å². The molecule has 0 saturated carbocycles. The highest BCUT2D eigenvalue weighted by Crippen LogP contribution is 2.26. The molecule has 1 heterocycles. The van der Waals surface area contributed by atoms with Gasteiger partial charge in [0.05, 0.1) is 10.8 Å². The van der Waals surface area contributed by atoms with Crippen LogP contribution >= 0.6 is 23.1 Å². The first-order chi connectivity index (χ1) is 5.75. The van der Waals surface area contributed by atoms with Crippen molar-refractivity contribution < 1.29 is 9.90 Å². The normalized spacial score (nSPS) is 9.67. The molecule has 1 aromatic rings. The van der Waals surface area contributed by atoms with Crippen LogP contribution in [0.3, 0.4) is 0 Å². The Labute approximate surface area is 78.9 Å². The van der Waals surface area contributed by atoms with Crippen molar-refractivity contribution in [3.05, 3.63) is 29.0 Å². The Balaban J connectivity index is 2.76. The van der Waals surface area contributed by atoms with Gasteiger partial charge in [0.25, 0.3) is 0 Å². The molecule has 1 rings (SSSR count). The summed E-state index contributed by atoms with van der Waals surface area (Å²) in [7, 11) is 0. The summed E-state index contributed by atoms with van der Waals surface area (Å²) in [5, 5.41) is 12.3. The number of carbonyl (C=O) groups is 1. The Bertz CT molecular complexity index is 291.